The van der Waals surface area contributed by atoms with Gasteiger partial charge in [-0.3, -0.25) is 0 Å². The van der Waals surface area contributed by atoms with Gasteiger partial charge in [-0.1, -0.05) is 42.0 Å². The summed E-state index contributed by atoms with van der Waals surface area (Å²) in [5.74, 6) is 0. The molecular formula is C21H25N3O2S. The topological polar surface area (TPSA) is 64.0 Å². The predicted octanol–water partition coefficient (Wildman–Crippen LogP) is 4.15. The third-order valence-corrected chi connectivity index (χ3v) is 6.52. The van der Waals surface area contributed by atoms with Crippen LogP contribution in [0.1, 0.15) is 41.0 Å². The summed E-state index contributed by atoms with van der Waals surface area (Å²) in [5.41, 5.74) is 5.05. The van der Waals surface area contributed by atoms with Crippen molar-refractivity contribution >= 4 is 10.0 Å². The Kier molecular flexibility index (Phi) is 5.22. The van der Waals surface area contributed by atoms with Crippen molar-refractivity contribution in [3.05, 3.63) is 76.6 Å². The van der Waals surface area contributed by atoms with Crippen molar-refractivity contribution in [1.29, 1.82) is 0 Å². The second-order valence-corrected chi connectivity index (χ2v) is 8.60. The van der Waals surface area contributed by atoms with Gasteiger partial charge < -0.3 is 0 Å². The fourth-order valence-electron chi connectivity index (χ4n) is 3.42. The summed E-state index contributed by atoms with van der Waals surface area (Å²) in [6, 6.07) is 15.3. The number of para-hydroxylation sites is 1. The Labute approximate surface area is 161 Å². The monoisotopic (exact) mass is 383 g/mol. The number of benzene rings is 2. The van der Waals surface area contributed by atoms with Gasteiger partial charge in [0, 0.05) is 6.04 Å². The van der Waals surface area contributed by atoms with Crippen LogP contribution in [0.2, 0.25) is 0 Å². The highest BCUT2D eigenvalue weighted by Gasteiger charge is 2.27. The fraction of sp³-hybridized carbons (Fsp3) is 0.286. The Hall–Kier alpha value is -2.44. The number of aromatic nitrogens is 2. The number of hydrogen-bond donors (Lipinski definition) is 1. The molecule has 1 N–H and O–H groups in total. The number of sulfonamides is 1. The summed E-state index contributed by atoms with van der Waals surface area (Å²) in [7, 11) is -3.72. The number of aryl methyl sites for hydroxylation is 3. The average molecular weight is 384 g/mol. The molecule has 1 atom stereocenters. The molecule has 5 nitrogen and oxygen atoms in total. The molecule has 3 rings (SSSR count). The van der Waals surface area contributed by atoms with E-state index in [1.807, 2.05) is 69.3 Å². The first-order chi connectivity index (χ1) is 12.7. The SMILES string of the molecule is Cc1ccc(C)c(C(C)NS(=O)(=O)c2c(C)nn(-c3ccccc3)c2C)c1. The van der Waals surface area contributed by atoms with Gasteiger partial charge in [-0.15, -0.1) is 0 Å². The Morgan fingerprint density at radius 1 is 1.00 bits per heavy atom. The zero-order valence-electron chi connectivity index (χ0n) is 16.3. The fourth-order valence-corrected chi connectivity index (χ4v) is 5.03. The van der Waals surface area contributed by atoms with E-state index in [0.717, 1.165) is 22.4 Å². The van der Waals surface area contributed by atoms with Gasteiger partial charge in [0.1, 0.15) is 4.90 Å². The molecule has 2 aromatic carbocycles. The average Bonchev–Trinajstić information content (AvgIpc) is 2.92. The molecule has 0 radical (unpaired) electrons. The highest BCUT2D eigenvalue weighted by molar-refractivity contribution is 7.89. The molecule has 0 fully saturated rings. The molecular weight excluding hydrogens is 358 g/mol. The molecule has 0 aliphatic carbocycles. The van der Waals surface area contributed by atoms with Crippen LogP contribution in [0.4, 0.5) is 0 Å². The minimum Gasteiger partial charge on any atom is -0.236 e. The van der Waals surface area contributed by atoms with Gasteiger partial charge in [0.15, 0.2) is 0 Å². The second kappa shape index (κ2) is 7.29. The summed E-state index contributed by atoms with van der Waals surface area (Å²) in [5, 5.41) is 4.46. The number of rotatable bonds is 5. The van der Waals surface area contributed by atoms with Crippen molar-refractivity contribution in [2.24, 2.45) is 0 Å². The standard InChI is InChI=1S/C21H25N3O2S/c1-14-11-12-15(2)20(13-14)16(3)23-27(25,26)21-17(4)22-24(18(21)5)19-9-7-6-8-10-19/h6-13,16,23H,1-5H3. The number of nitrogens with zero attached hydrogens (tertiary/aromatic N) is 2. The van der Waals surface area contributed by atoms with Crippen LogP contribution in [0.3, 0.4) is 0 Å². The lowest BCUT2D eigenvalue weighted by molar-refractivity contribution is 0.565. The lowest BCUT2D eigenvalue weighted by Gasteiger charge is -2.17. The van der Waals surface area contributed by atoms with Crippen molar-refractivity contribution in [3.8, 4) is 5.69 Å². The van der Waals surface area contributed by atoms with Crippen molar-refractivity contribution < 1.29 is 8.42 Å². The molecule has 27 heavy (non-hydrogen) atoms. The van der Waals surface area contributed by atoms with Crippen LogP contribution in [0, 0.1) is 27.7 Å². The minimum atomic E-state index is -3.72. The van der Waals surface area contributed by atoms with Crippen LogP contribution >= 0.6 is 0 Å². The lowest BCUT2D eigenvalue weighted by atomic mass is 10.0. The Morgan fingerprint density at radius 3 is 2.33 bits per heavy atom. The molecule has 0 saturated carbocycles. The van der Waals surface area contributed by atoms with E-state index in [9.17, 15) is 8.42 Å². The Balaban J connectivity index is 1.98. The largest absolute Gasteiger partial charge is 0.244 e. The summed E-state index contributed by atoms with van der Waals surface area (Å²) in [6.07, 6.45) is 0. The summed E-state index contributed by atoms with van der Waals surface area (Å²) >= 11 is 0. The molecule has 0 aliphatic heterocycles. The lowest BCUT2D eigenvalue weighted by Crippen LogP contribution is -2.28. The summed E-state index contributed by atoms with van der Waals surface area (Å²) in [4.78, 5) is 0.239. The van der Waals surface area contributed by atoms with E-state index in [-0.39, 0.29) is 10.9 Å². The van der Waals surface area contributed by atoms with Gasteiger partial charge in [0.25, 0.3) is 0 Å². The molecule has 1 aromatic heterocycles. The zero-order valence-corrected chi connectivity index (χ0v) is 17.1. The van der Waals surface area contributed by atoms with E-state index in [2.05, 4.69) is 9.82 Å². The van der Waals surface area contributed by atoms with Gasteiger partial charge in [-0.2, -0.15) is 5.10 Å². The van der Waals surface area contributed by atoms with E-state index in [4.69, 9.17) is 0 Å². The van der Waals surface area contributed by atoms with Crippen LogP contribution in [0.5, 0.6) is 0 Å². The summed E-state index contributed by atoms with van der Waals surface area (Å²) < 4.78 is 30.8. The van der Waals surface area contributed by atoms with Crippen molar-refractivity contribution in [2.75, 3.05) is 0 Å². The van der Waals surface area contributed by atoms with Crippen LogP contribution in [0.25, 0.3) is 5.69 Å². The quantitative estimate of drug-likeness (QED) is 0.720. The maximum atomic E-state index is 13.1. The van der Waals surface area contributed by atoms with Gasteiger partial charge in [-0.25, -0.2) is 17.8 Å². The van der Waals surface area contributed by atoms with Crippen LogP contribution in [0.15, 0.2) is 53.4 Å². The first-order valence-corrected chi connectivity index (χ1v) is 10.4. The third kappa shape index (κ3) is 3.82. The van der Waals surface area contributed by atoms with Gasteiger partial charge in [0.05, 0.1) is 17.1 Å². The summed E-state index contributed by atoms with van der Waals surface area (Å²) in [6.45, 7) is 9.37. The minimum absolute atomic E-state index is 0.239. The first-order valence-electron chi connectivity index (χ1n) is 8.92. The van der Waals surface area contributed by atoms with Crippen molar-refractivity contribution in [2.45, 2.75) is 45.6 Å². The maximum absolute atomic E-state index is 13.1. The van der Waals surface area contributed by atoms with E-state index < -0.39 is 10.0 Å². The Morgan fingerprint density at radius 2 is 1.67 bits per heavy atom. The number of hydrogen-bond acceptors (Lipinski definition) is 3. The second-order valence-electron chi connectivity index (χ2n) is 6.95. The molecule has 3 aromatic rings. The molecule has 0 saturated heterocycles. The number of nitrogens with one attached hydrogen (secondary N) is 1. The molecule has 1 unspecified atom stereocenters. The van der Waals surface area contributed by atoms with Crippen molar-refractivity contribution in [3.63, 3.8) is 0 Å². The molecule has 0 spiro atoms. The first kappa shape index (κ1) is 19.3. The van der Waals surface area contributed by atoms with Gasteiger partial charge in [-0.05, 0) is 57.9 Å². The molecule has 142 valence electrons. The van der Waals surface area contributed by atoms with Crippen LogP contribution < -0.4 is 4.72 Å². The van der Waals surface area contributed by atoms with E-state index >= 15 is 0 Å². The van der Waals surface area contributed by atoms with E-state index in [0.29, 0.717) is 11.4 Å². The molecule has 6 heteroatoms. The molecule has 0 aliphatic rings. The zero-order chi connectivity index (χ0) is 19.8. The maximum Gasteiger partial charge on any atom is 0.244 e. The Bertz CT molecular complexity index is 1070. The third-order valence-electron chi connectivity index (χ3n) is 4.73. The molecule has 0 bridgehead atoms. The van der Waals surface area contributed by atoms with Crippen LogP contribution in [-0.2, 0) is 10.0 Å². The molecule has 1 heterocycles. The predicted molar refractivity (Wildman–Crippen MR) is 108 cm³/mol. The van der Waals surface area contributed by atoms with E-state index in [1.165, 1.54) is 0 Å². The normalized spacial score (nSPS) is 12.9. The van der Waals surface area contributed by atoms with Gasteiger partial charge >= 0.3 is 0 Å². The highest BCUT2D eigenvalue weighted by atomic mass is 32.2. The van der Waals surface area contributed by atoms with Crippen molar-refractivity contribution in [1.82, 2.24) is 14.5 Å². The smallest absolute Gasteiger partial charge is 0.236 e. The van der Waals surface area contributed by atoms with Crippen LogP contribution in [-0.4, -0.2) is 18.2 Å². The highest BCUT2D eigenvalue weighted by Crippen LogP contribution is 2.26. The van der Waals surface area contributed by atoms with Gasteiger partial charge in [0.2, 0.25) is 10.0 Å². The molecule has 0 amide bonds. The van der Waals surface area contributed by atoms with E-state index in [1.54, 1.807) is 18.5 Å².